The number of carbonyl (C=O) groups excluding carboxylic acids is 2. The number of hydrogen-bond donors (Lipinski definition) is 1. The fourth-order valence-corrected chi connectivity index (χ4v) is 3.55. The number of carbonyl (C=O) groups is 2. The number of hydrogen-bond acceptors (Lipinski definition) is 8. The summed E-state index contributed by atoms with van der Waals surface area (Å²) in [7, 11) is 1.40. The summed E-state index contributed by atoms with van der Waals surface area (Å²) in [6.45, 7) is -0.180. The van der Waals surface area contributed by atoms with Gasteiger partial charge in [-0.2, -0.15) is 0 Å². The summed E-state index contributed by atoms with van der Waals surface area (Å²) in [4.78, 5) is 62.7. The van der Waals surface area contributed by atoms with Gasteiger partial charge in [0.1, 0.15) is 6.61 Å². The van der Waals surface area contributed by atoms with E-state index < -0.39 is 29.6 Å². The number of nitrogens with zero attached hydrogens (tertiary/aromatic N) is 3. The Kier molecular flexibility index (Phi) is 7.92. The van der Waals surface area contributed by atoms with Crippen LogP contribution in [0.15, 0.2) is 50.8 Å². The first kappa shape index (κ1) is 24.8. The fourth-order valence-electron chi connectivity index (χ4n) is 3.55. The lowest BCUT2D eigenvalue weighted by Crippen LogP contribution is -2.55. The highest BCUT2D eigenvalue weighted by Crippen LogP contribution is 2.21. The van der Waals surface area contributed by atoms with Crippen molar-refractivity contribution in [2.45, 2.75) is 26.6 Å². The fraction of sp³-hybridized carbons (Fsp3) is 0.348. The first-order chi connectivity index (χ1) is 16.3. The second-order valence-corrected chi connectivity index (χ2v) is 7.46. The van der Waals surface area contributed by atoms with Crippen LogP contribution >= 0.6 is 0 Å². The highest BCUT2D eigenvalue weighted by Gasteiger charge is 2.19. The number of rotatable bonds is 10. The Morgan fingerprint density at radius 1 is 0.824 bits per heavy atom. The van der Waals surface area contributed by atoms with Crippen LogP contribution in [-0.2, 0) is 29.1 Å². The van der Waals surface area contributed by atoms with Crippen LogP contribution < -0.4 is 17.1 Å². The number of Topliss-reactive ketones (excluding diaryl/α,β-unsaturated/α-hetero) is 1. The van der Waals surface area contributed by atoms with Crippen LogP contribution in [0.25, 0.3) is 10.8 Å². The summed E-state index contributed by atoms with van der Waals surface area (Å²) in [5.74, 6) is -1.10. The molecule has 0 saturated heterocycles. The summed E-state index contributed by atoms with van der Waals surface area (Å²) in [5, 5.41) is 10.7. The first-order valence-electron chi connectivity index (χ1n) is 10.5. The van der Waals surface area contributed by atoms with E-state index in [4.69, 9.17) is 9.47 Å². The van der Waals surface area contributed by atoms with Gasteiger partial charge in [0.2, 0.25) is 0 Å². The number of ketones is 1. The number of benzene rings is 2. The average Bonchev–Trinajstić information content (AvgIpc) is 2.82. The Labute approximate surface area is 193 Å². The number of fused-ring (bicyclic) bond motifs is 1. The number of aliphatic hydroxyl groups excluding tert-OH is 1. The number of methoxy groups -OCH3 is 1. The molecule has 0 aliphatic rings. The molecule has 1 aromatic heterocycles. The molecule has 0 unspecified atom stereocenters. The minimum Gasteiger partial charge on any atom is -0.460 e. The summed E-state index contributed by atoms with van der Waals surface area (Å²) < 4.78 is 12.5. The molecule has 11 nitrogen and oxygen atoms in total. The zero-order chi connectivity index (χ0) is 24.8. The van der Waals surface area contributed by atoms with Crippen LogP contribution in [0.5, 0.6) is 0 Å². The monoisotopic (exact) mass is 471 g/mol. The zero-order valence-corrected chi connectivity index (χ0v) is 18.9. The SMILES string of the molecule is COCCn1c(=O)n(CCO)c(=O)n(CCOC(=O)c2cc3ccccc3cc2C(C)=O)c1=O. The third-order valence-electron chi connectivity index (χ3n) is 5.26. The molecule has 0 spiro atoms. The number of esters is 1. The molecule has 1 N–H and O–H groups in total. The van der Waals surface area contributed by atoms with Crippen molar-refractivity contribution in [3.05, 3.63) is 79.0 Å². The van der Waals surface area contributed by atoms with Crippen molar-refractivity contribution in [3.63, 3.8) is 0 Å². The van der Waals surface area contributed by atoms with Crippen molar-refractivity contribution in [1.82, 2.24) is 13.7 Å². The van der Waals surface area contributed by atoms with Gasteiger partial charge in [-0.1, -0.05) is 24.3 Å². The van der Waals surface area contributed by atoms with Crippen LogP contribution in [0, 0.1) is 0 Å². The van der Waals surface area contributed by atoms with Gasteiger partial charge in [0.05, 0.1) is 38.4 Å². The Morgan fingerprint density at radius 2 is 1.32 bits per heavy atom. The lowest BCUT2D eigenvalue weighted by molar-refractivity contribution is 0.0484. The summed E-state index contributed by atoms with van der Waals surface area (Å²) >= 11 is 0. The Bertz CT molecular complexity index is 1400. The molecule has 2 aromatic carbocycles. The van der Waals surface area contributed by atoms with E-state index in [1.165, 1.54) is 14.0 Å². The highest BCUT2D eigenvalue weighted by molar-refractivity contribution is 6.09. The van der Waals surface area contributed by atoms with Crippen molar-refractivity contribution >= 4 is 22.5 Å². The maximum atomic E-state index is 12.8. The third-order valence-corrected chi connectivity index (χ3v) is 5.26. The molecule has 0 bridgehead atoms. The van der Waals surface area contributed by atoms with Crippen LogP contribution in [-0.4, -0.2) is 57.5 Å². The minimum atomic E-state index is -0.927. The van der Waals surface area contributed by atoms with Crippen molar-refractivity contribution in [1.29, 1.82) is 0 Å². The normalized spacial score (nSPS) is 11.0. The van der Waals surface area contributed by atoms with Gasteiger partial charge < -0.3 is 14.6 Å². The molecule has 0 radical (unpaired) electrons. The topological polar surface area (TPSA) is 139 Å². The van der Waals surface area contributed by atoms with Crippen molar-refractivity contribution in [2.75, 3.05) is 26.9 Å². The van der Waals surface area contributed by atoms with Crippen LogP contribution in [0.3, 0.4) is 0 Å². The third kappa shape index (κ3) is 5.05. The molecule has 1 heterocycles. The lowest BCUT2D eigenvalue weighted by Gasteiger charge is -2.14. The molecule has 0 aliphatic carbocycles. The molecule has 3 rings (SSSR count). The predicted molar refractivity (Wildman–Crippen MR) is 122 cm³/mol. The summed E-state index contributed by atoms with van der Waals surface area (Å²) in [6.07, 6.45) is 0. The maximum Gasteiger partial charge on any atom is 0.338 e. The van der Waals surface area contributed by atoms with Gasteiger partial charge in [-0.15, -0.1) is 0 Å². The first-order valence-corrected chi connectivity index (χ1v) is 10.5. The second-order valence-electron chi connectivity index (χ2n) is 7.46. The van der Waals surface area contributed by atoms with E-state index in [2.05, 4.69) is 0 Å². The van der Waals surface area contributed by atoms with E-state index in [0.717, 1.165) is 24.5 Å². The van der Waals surface area contributed by atoms with E-state index in [1.54, 1.807) is 24.3 Å². The van der Waals surface area contributed by atoms with Gasteiger partial charge in [-0.05, 0) is 29.8 Å². The van der Waals surface area contributed by atoms with E-state index >= 15 is 0 Å². The lowest BCUT2D eigenvalue weighted by atomic mass is 9.98. The van der Waals surface area contributed by atoms with Gasteiger partial charge in [-0.25, -0.2) is 32.9 Å². The van der Waals surface area contributed by atoms with Gasteiger partial charge in [0, 0.05) is 12.7 Å². The Balaban J connectivity index is 1.89. The Morgan fingerprint density at radius 3 is 1.82 bits per heavy atom. The van der Waals surface area contributed by atoms with Crippen LogP contribution in [0.2, 0.25) is 0 Å². The number of ether oxygens (including phenoxy) is 2. The largest absolute Gasteiger partial charge is 0.460 e. The molecule has 34 heavy (non-hydrogen) atoms. The van der Waals surface area contributed by atoms with Crippen molar-refractivity contribution < 1.29 is 24.2 Å². The molecule has 0 fully saturated rings. The molecule has 0 amide bonds. The Hall–Kier alpha value is -3.83. The van der Waals surface area contributed by atoms with Gasteiger partial charge in [0.25, 0.3) is 0 Å². The van der Waals surface area contributed by atoms with E-state index in [9.17, 15) is 29.1 Å². The smallest absolute Gasteiger partial charge is 0.338 e. The maximum absolute atomic E-state index is 12.8. The molecule has 0 saturated carbocycles. The summed E-state index contributed by atoms with van der Waals surface area (Å²) in [5.41, 5.74) is -2.41. The van der Waals surface area contributed by atoms with E-state index in [-0.39, 0.29) is 49.8 Å². The molecule has 180 valence electrons. The van der Waals surface area contributed by atoms with E-state index in [0.29, 0.717) is 0 Å². The number of aromatic nitrogens is 3. The second kappa shape index (κ2) is 10.9. The predicted octanol–water partition coefficient (Wildman–Crippen LogP) is 0.0232. The molecule has 0 atom stereocenters. The van der Waals surface area contributed by atoms with Gasteiger partial charge >= 0.3 is 23.0 Å². The highest BCUT2D eigenvalue weighted by atomic mass is 16.5. The van der Waals surface area contributed by atoms with Crippen LogP contribution in [0.4, 0.5) is 0 Å². The van der Waals surface area contributed by atoms with Crippen molar-refractivity contribution in [3.8, 4) is 0 Å². The minimum absolute atomic E-state index is 0.0528. The molecule has 0 aliphatic heterocycles. The van der Waals surface area contributed by atoms with Crippen molar-refractivity contribution in [2.24, 2.45) is 0 Å². The van der Waals surface area contributed by atoms with Gasteiger partial charge in [-0.3, -0.25) is 4.79 Å². The zero-order valence-electron chi connectivity index (χ0n) is 18.9. The standard InChI is InChI=1S/C23H25N3O8/c1-15(28)18-13-16-5-3-4-6-17(16)14-19(18)20(29)34-12-9-26-22(31)24(7-10-27)21(30)25(23(26)32)8-11-33-2/h3-6,13-14,27H,7-12H2,1-2H3. The van der Waals surface area contributed by atoms with Gasteiger partial charge in [0.15, 0.2) is 5.78 Å². The number of aliphatic hydroxyl groups is 1. The summed E-state index contributed by atoms with van der Waals surface area (Å²) in [6, 6.07) is 10.4. The molecular formula is C23H25N3O8. The molecular weight excluding hydrogens is 446 g/mol. The van der Waals surface area contributed by atoms with Crippen LogP contribution in [0.1, 0.15) is 27.6 Å². The molecule has 11 heteroatoms. The van der Waals surface area contributed by atoms with E-state index in [1.807, 2.05) is 12.1 Å². The quantitative estimate of drug-likeness (QED) is 0.323. The average molecular weight is 471 g/mol. The molecule has 3 aromatic rings.